The number of hydrogen-bond acceptors (Lipinski definition) is 3. The number of hydrogen-bond donors (Lipinski definition) is 2. The van der Waals surface area contributed by atoms with Gasteiger partial charge in [-0.05, 0) is 24.6 Å². The molecule has 5 nitrogen and oxygen atoms in total. The van der Waals surface area contributed by atoms with Crippen LogP contribution in [0.3, 0.4) is 0 Å². The quantitative estimate of drug-likeness (QED) is 0.857. The number of nitrogen functional groups attached to an aromatic ring is 1. The molecule has 17 heavy (non-hydrogen) atoms. The first-order valence-electron chi connectivity index (χ1n) is 4.84. The highest BCUT2D eigenvalue weighted by atomic mass is 35.5. The Balaban J connectivity index is 2.62. The minimum absolute atomic E-state index is 0.0237. The molecule has 0 aliphatic carbocycles. The predicted molar refractivity (Wildman–Crippen MR) is 64.7 cm³/mol. The van der Waals surface area contributed by atoms with Gasteiger partial charge in [-0.2, -0.15) is 5.10 Å². The van der Waals surface area contributed by atoms with Crippen LogP contribution in [0.25, 0.3) is 5.69 Å². The number of aromatic carboxylic acids is 1. The normalized spacial score (nSPS) is 10.5. The third kappa shape index (κ3) is 1.85. The van der Waals surface area contributed by atoms with Crippen LogP contribution in [0.5, 0.6) is 0 Å². The van der Waals surface area contributed by atoms with Gasteiger partial charge in [0.2, 0.25) is 0 Å². The highest BCUT2D eigenvalue weighted by molar-refractivity contribution is 6.31. The Labute approximate surface area is 102 Å². The van der Waals surface area contributed by atoms with Crippen molar-refractivity contribution >= 4 is 23.4 Å². The van der Waals surface area contributed by atoms with Gasteiger partial charge in [0.05, 0.1) is 11.9 Å². The van der Waals surface area contributed by atoms with Gasteiger partial charge < -0.3 is 10.8 Å². The van der Waals surface area contributed by atoms with Crippen molar-refractivity contribution in [3.8, 4) is 5.69 Å². The Morgan fingerprint density at radius 2 is 2.24 bits per heavy atom. The molecule has 0 saturated heterocycles. The van der Waals surface area contributed by atoms with Crippen LogP contribution in [0.15, 0.2) is 24.4 Å². The number of anilines is 1. The second-order valence-corrected chi connectivity index (χ2v) is 3.95. The second kappa shape index (κ2) is 4.10. The van der Waals surface area contributed by atoms with Gasteiger partial charge in [-0.1, -0.05) is 17.7 Å². The van der Waals surface area contributed by atoms with E-state index in [9.17, 15) is 4.79 Å². The number of rotatable bonds is 2. The SMILES string of the molecule is Cc1c(Cl)cccc1-n1ncc(C(=O)O)c1N. The monoisotopic (exact) mass is 251 g/mol. The van der Waals surface area contributed by atoms with Crippen molar-refractivity contribution in [2.24, 2.45) is 0 Å². The van der Waals surface area contributed by atoms with Crippen molar-refractivity contribution in [1.82, 2.24) is 9.78 Å². The molecule has 0 unspecified atom stereocenters. The summed E-state index contributed by atoms with van der Waals surface area (Å²) in [6.07, 6.45) is 1.22. The van der Waals surface area contributed by atoms with Crippen LogP contribution in [0.4, 0.5) is 5.82 Å². The summed E-state index contributed by atoms with van der Waals surface area (Å²) in [7, 11) is 0. The Hall–Kier alpha value is -2.01. The molecule has 0 radical (unpaired) electrons. The fourth-order valence-electron chi connectivity index (χ4n) is 1.54. The summed E-state index contributed by atoms with van der Waals surface area (Å²) in [6, 6.07) is 5.28. The molecule has 0 saturated carbocycles. The van der Waals surface area contributed by atoms with Crippen molar-refractivity contribution in [3.63, 3.8) is 0 Å². The minimum Gasteiger partial charge on any atom is -0.477 e. The number of carboxylic acid groups (broad SMARTS) is 1. The Morgan fingerprint density at radius 3 is 2.82 bits per heavy atom. The van der Waals surface area contributed by atoms with Gasteiger partial charge in [0, 0.05) is 5.02 Å². The summed E-state index contributed by atoms with van der Waals surface area (Å²) in [4.78, 5) is 10.9. The summed E-state index contributed by atoms with van der Waals surface area (Å²) in [5.74, 6) is -1.02. The molecule has 0 atom stereocenters. The Morgan fingerprint density at radius 1 is 1.53 bits per heavy atom. The van der Waals surface area contributed by atoms with E-state index in [0.717, 1.165) is 5.56 Å². The molecule has 0 bridgehead atoms. The van der Waals surface area contributed by atoms with E-state index in [1.54, 1.807) is 18.2 Å². The zero-order valence-electron chi connectivity index (χ0n) is 9.01. The second-order valence-electron chi connectivity index (χ2n) is 3.54. The summed E-state index contributed by atoms with van der Waals surface area (Å²) in [5, 5.41) is 13.4. The maximum absolute atomic E-state index is 10.9. The lowest BCUT2D eigenvalue weighted by Gasteiger charge is -2.08. The van der Waals surface area contributed by atoms with Crippen LogP contribution in [0, 0.1) is 6.92 Å². The number of halogens is 1. The fraction of sp³-hybridized carbons (Fsp3) is 0.0909. The van der Waals surface area contributed by atoms with E-state index in [-0.39, 0.29) is 11.4 Å². The summed E-state index contributed by atoms with van der Waals surface area (Å²) in [5.41, 5.74) is 7.17. The van der Waals surface area contributed by atoms with Gasteiger partial charge in [0.25, 0.3) is 0 Å². The van der Waals surface area contributed by atoms with Crippen LogP contribution in [0.2, 0.25) is 5.02 Å². The largest absolute Gasteiger partial charge is 0.477 e. The van der Waals surface area contributed by atoms with Crippen LogP contribution in [0.1, 0.15) is 15.9 Å². The number of nitrogens with zero attached hydrogens (tertiary/aromatic N) is 2. The number of nitrogens with two attached hydrogens (primary N) is 1. The standard InChI is InChI=1S/C11H10ClN3O2/c1-6-8(12)3-2-4-9(6)15-10(13)7(5-14-15)11(16)17/h2-5H,13H2,1H3,(H,16,17). The zero-order chi connectivity index (χ0) is 12.6. The average Bonchev–Trinajstić information content (AvgIpc) is 2.64. The van der Waals surface area contributed by atoms with Crippen LogP contribution in [-0.4, -0.2) is 20.9 Å². The van der Waals surface area contributed by atoms with E-state index < -0.39 is 5.97 Å². The maximum Gasteiger partial charge on any atom is 0.341 e. The molecular formula is C11H10ClN3O2. The first-order chi connectivity index (χ1) is 8.02. The Kier molecular flexibility index (Phi) is 2.77. The molecule has 6 heteroatoms. The molecule has 1 heterocycles. The highest BCUT2D eigenvalue weighted by Crippen LogP contribution is 2.24. The molecule has 0 aliphatic rings. The first kappa shape index (κ1) is 11.5. The molecule has 0 fully saturated rings. The van der Waals surface area contributed by atoms with Gasteiger partial charge in [-0.3, -0.25) is 0 Å². The molecule has 0 amide bonds. The lowest BCUT2D eigenvalue weighted by Crippen LogP contribution is -2.06. The molecular weight excluding hydrogens is 242 g/mol. The zero-order valence-corrected chi connectivity index (χ0v) is 9.77. The lowest BCUT2D eigenvalue weighted by molar-refractivity contribution is 0.0698. The molecule has 2 rings (SSSR count). The van der Waals surface area contributed by atoms with Crippen molar-refractivity contribution in [2.75, 3.05) is 5.73 Å². The first-order valence-corrected chi connectivity index (χ1v) is 5.22. The number of benzene rings is 1. The molecule has 88 valence electrons. The maximum atomic E-state index is 10.9. The van der Waals surface area contributed by atoms with E-state index in [0.29, 0.717) is 10.7 Å². The number of aromatic nitrogens is 2. The third-order valence-electron chi connectivity index (χ3n) is 2.50. The van der Waals surface area contributed by atoms with Gasteiger partial charge in [0.1, 0.15) is 11.4 Å². The fourth-order valence-corrected chi connectivity index (χ4v) is 1.71. The molecule has 0 aliphatic heterocycles. The van der Waals surface area contributed by atoms with Crippen molar-refractivity contribution in [1.29, 1.82) is 0 Å². The molecule has 2 aromatic rings. The van der Waals surface area contributed by atoms with E-state index in [4.69, 9.17) is 22.4 Å². The third-order valence-corrected chi connectivity index (χ3v) is 2.91. The van der Waals surface area contributed by atoms with Crippen LogP contribution < -0.4 is 5.73 Å². The lowest BCUT2D eigenvalue weighted by atomic mass is 10.2. The topological polar surface area (TPSA) is 81.1 Å². The van der Waals surface area contributed by atoms with Gasteiger partial charge in [-0.25, -0.2) is 9.48 Å². The van der Waals surface area contributed by atoms with Gasteiger partial charge >= 0.3 is 5.97 Å². The van der Waals surface area contributed by atoms with Gasteiger partial charge in [0.15, 0.2) is 0 Å². The van der Waals surface area contributed by atoms with Crippen molar-refractivity contribution < 1.29 is 9.90 Å². The number of carbonyl (C=O) groups is 1. The predicted octanol–water partition coefficient (Wildman–Crippen LogP) is 2.11. The average molecular weight is 252 g/mol. The Bertz CT molecular complexity index is 592. The van der Waals surface area contributed by atoms with Crippen LogP contribution >= 0.6 is 11.6 Å². The van der Waals surface area contributed by atoms with E-state index >= 15 is 0 Å². The summed E-state index contributed by atoms with van der Waals surface area (Å²) < 4.78 is 1.37. The van der Waals surface area contributed by atoms with Crippen molar-refractivity contribution in [3.05, 3.63) is 40.5 Å². The smallest absolute Gasteiger partial charge is 0.341 e. The van der Waals surface area contributed by atoms with Crippen LogP contribution in [-0.2, 0) is 0 Å². The molecule has 0 spiro atoms. The summed E-state index contributed by atoms with van der Waals surface area (Å²) >= 11 is 5.99. The molecule has 1 aromatic carbocycles. The number of carboxylic acids is 1. The van der Waals surface area contributed by atoms with Crippen molar-refractivity contribution in [2.45, 2.75) is 6.92 Å². The highest BCUT2D eigenvalue weighted by Gasteiger charge is 2.16. The molecule has 1 aromatic heterocycles. The minimum atomic E-state index is -1.10. The van der Waals surface area contributed by atoms with E-state index in [1.165, 1.54) is 10.9 Å². The van der Waals surface area contributed by atoms with E-state index in [2.05, 4.69) is 5.10 Å². The van der Waals surface area contributed by atoms with Gasteiger partial charge in [-0.15, -0.1) is 0 Å². The summed E-state index contributed by atoms with van der Waals surface area (Å²) in [6.45, 7) is 1.82. The van der Waals surface area contributed by atoms with E-state index in [1.807, 2.05) is 6.92 Å². The molecule has 3 N–H and O–H groups in total.